The smallest absolute Gasteiger partial charge is 0.253 e. The number of fused-ring (bicyclic) bond motifs is 1. The minimum absolute atomic E-state index is 0.118. The second-order valence-electron chi connectivity index (χ2n) is 8.30. The molecule has 3 aromatic rings. The van der Waals surface area contributed by atoms with Gasteiger partial charge in [0, 0.05) is 41.6 Å². The quantitative estimate of drug-likeness (QED) is 0.654. The Morgan fingerprint density at radius 3 is 2.77 bits per heavy atom. The number of pyridine rings is 1. The molecule has 30 heavy (non-hydrogen) atoms. The lowest BCUT2D eigenvalue weighted by atomic mass is 9.74. The van der Waals surface area contributed by atoms with Crippen molar-refractivity contribution in [2.75, 3.05) is 19.8 Å². The molecule has 1 saturated heterocycles. The van der Waals surface area contributed by atoms with Crippen molar-refractivity contribution in [1.82, 2.24) is 20.1 Å². The van der Waals surface area contributed by atoms with Crippen LogP contribution in [0.2, 0.25) is 5.02 Å². The number of aromatic nitrogens is 3. The van der Waals surface area contributed by atoms with E-state index in [9.17, 15) is 4.79 Å². The highest BCUT2D eigenvalue weighted by molar-refractivity contribution is 6.30. The van der Waals surface area contributed by atoms with Crippen molar-refractivity contribution in [2.45, 2.75) is 45.1 Å². The Hall–Kier alpha value is -2.44. The third kappa shape index (κ3) is 3.94. The van der Waals surface area contributed by atoms with Gasteiger partial charge < -0.3 is 10.1 Å². The molecule has 1 aliphatic rings. The average molecular weight is 427 g/mol. The van der Waals surface area contributed by atoms with E-state index in [-0.39, 0.29) is 17.4 Å². The van der Waals surface area contributed by atoms with Gasteiger partial charge in [0.05, 0.1) is 17.5 Å². The first-order valence-corrected chi connectivity index (χ1v) is 10.7. The zero-order valence-electron chi connectivity index (χ0n) is 17.6. The van der Waals surface area contributed by atoms with E-state index >= 15 is 0 Å². The van der Waals surface area contributed by atoms with Gasteiger partial charge in [0.1, 0.15) is 0 Å². The molecule has 0 unspecified atom stereocenters. The van der Waals surface area contributed by atoms with Gasteiger partial charge in [-0.15, -0.1) is 0 Å². The van der Waals surface area contributed by atoms with Gasteiger partial charge in [-0.3, -0.25) is 4.79 Å². The van der Waals surface area contributed by atoms with Crippen LogP contribution in [0.4, 0.5) is 0 Å². The number of halogens is 1. The number of aryl methyl sites for hydroxylation is 1. The number of amides is 1. The highest BCUT2D eigenvalue weighted by atomic mass is 35.5. The highest BCUT2D eigenvalue weighted by Gasteiger charge is 2.35. The number of rotatable bonds is 5. The number of ether oxygens (including phenoxy) is 1. The number of carbonyl (C=O) groups is 1. The summed E-state index contributed by atoms with van der Waals surface area (Å²) < 4.78 is 7.47. The molecule has 0 aliphatic carbocycles. The molecule has 158 valence electrons. The summed E-state index contributed by atoms with van der Waals surface area (Å²) in [4.78, 5) is 17.8. The summed E-state index contributed by atoms with van der Waals surface area (Å²) in [5, 5.41) is 9.14. The van der Waals surface area contributed by atoms with Gasteiger partial charge in [-0.05, 0) is 57.4 Å². The normalized spacial score (nSPS) is 16.2. The first-order chi connectivity index (χ1) is 14.4. The zero-order chi connectivity index (χ0) is 21.3. The summed E-state index contributed by atoms with van der Waals surface area (Å²) in [6, 6.07) is 10.0. The molecule has 7 heteroatoms. The number of hydrogen-bond acceptors (Lipinski definition) is 4. The first-order valence-electron chi connectivity index (χ1n) is 10.4. The van der Waals surface area contributed by atoms with Crippen LogP contribution in [-0.4, -0.2) is 40.4 Å². The van der Waals surface area contributed by atoms with Crippen molar-refractivity contribution in [3.8, 4) is 0 Å². The zero-order valence-corrected chi connectivity index (χ0v) is 18.4. The molecule has 6 nitrogen and oxygen atoms in total. The summed E-state index contributed by atoms with van der Waals surface area (Å²) in [5.41, 5.74) is 3.04. The van der Waals surface area contributed by atoms with E-state index in [1.54, 1.807) is 6.20 Å². The van der Waals surface area contributed by atoms with Gasteiger partial charge >= 0.3 is 0 Å². The van der Waals surface area contributed by atoms with E-state index in [0.717, 1.165) is 29.4 Å². The molecular formula is C23H27ClN4O2. The largest absolute Gasteiger partial charge is 0.381 e. The molecule has 1 aliphatic heterocycles. The van der Waals surface area contributed by atoms with E-state index < -0.39 is 0 Å². The molecule has 0 spiro atoms. The second-order valence-corrected chi connectivity index (χ2v) is 8.74. The Morgan fingerprint density at radius 2 is 2.07 bits per heavy atom. The second kappa shape index (κ2) is 8.36. The number of nitrogens with zero attached hydrogens (tertiary/aromatic N) is 3. The maximum atomic E-state index is 13.1. The third-order valence-corrected chi connectivity index (χ3v) is 6.20. The molecule has 1 N–H and O–H groups in total. The first kappa shape index (κ1) is 20.8. The maximum absolute atomic E-state index is 13.1. The number of nitrogens with one attached hydrogen (secondary N) is 1. The van der Waals surface area contributed by atoms with Gasteiger partial charge in [-0.2, -0.15) is 5.10 Å². The van der Waals surface area contributed by atoms with E-state index in [1.165, 1.54) is 0 Å². The topological polar surface area (TPSA) is 69.0 Å². The minimum atomic E-state index is -0.188. The van der Waals surface area contributed by atoms with Crippen molar-refractivity contribution in [3.63, 3.8) is 0 Å². The van der Waals surface area contributed by atoms with Crippen LogP contribution in [-0.2, 0) is 10.2 Å². The molecule has 1 fully saturated rings. The fraction of sp³-hybridized carbons (Fsp3) is 0.435. The SMILES string of the molecule is Cc1nc2c(cnn2C(C)C)cc1C(=O)NCC1(c2cccc(Cl)c2)CCOCC1. The Kier molecular flexibility index (Phi) is 5.80. The third-order valence-electron chi connectivity index (χ3n) is 5.97. The summed E-state index contributed by atoms with van der Waals surface area (Å²) in [6.07, 6.45) is 3.45. The Morgan fingerprint density at radius 1 is 1.30 bits per heavy atom. The number of hydrogen-bond donors (Lipinski definition) is 1. The summed E-state index contributed by atoms with van der Waals surface area (Å²) >= 11 is 6.25. The average Bonchev–Trinajstić information content (AvgIpc) is 3.15. The predicted molar refractivity (Wildman–Crippen MR) is 118 cm³/mol. The Balaban J connectivity index is 1.59. The van der Waals surface area contributed by atoms with Crippen molar-refractivity contribution >= 4 is 28.5 Å². The Labute approximate surface area is 181 Å². The van der Waals surface area contributed by atoms with Crippen LogP contribution in [0.15, 0.2) is 36.5 Å². The molecule has 1 amide bonds. The number of benzene rings is 1. The van der Waals surface area contributed by atoms with Crippen LogP contribution in [0, 0.1) is 6.92 Å². The van der Waals surface area contributed by atoms with Crippen LogP contribution in [0.25, 0.3) is 11.0 Å². The van der Waals surface area contributed by atoms with Crippen molar-refractivity contribution < 1.29 is 9.53 Å². The van der Waals surface area contributed by atoms with Crippen LogP contribution in [0.3, 0.4) is 0 Å². The predicted octanol–water partition coefficient (Wildman–Crippen LogP) is 4.45. The van der Waals surface area contributed by atoms with E-state index in [2.05, 4.69) is 35.3 Å². The molecule has 0 bridgehead atoms. The molecule has 1 aromatic carbocycles. The molecule has 0 radical (unpaired) electrons. The van der Waals surface area contributed by atoms with Crippen LogP contribution in [0.5, 0.6) is 0 Å². The summed E-state index contributed by atoms with van der Waals surface area (Å²) in [7, 11) is 0. The van der Waals surface area contributed by atoms with Crippen LogP contribution >= 0.6 is 11.6 Å². The number of carbonyl (C=O) groups excluding carboxylic acids is 1. The van der Waals surface area contributed by atoms with E-state index in [1.807, 2.05) is 35.9 Å². The van der Waals surface area contributed by atoms with Gasteiger partial charge in [0.15, 0.2) is 5.65 Å². The summed E-state index contributed by atoms with van der Waals surface area (Å²) in [5.74, 6) is -0.118. The molecule has 2 aromatic heterocycles. The molecule has 3 heterocycles. The Bertz CT molecular complexity index is 1070. The lowest BCUT2D eigenvalue weighted by Crippen LogP contribution is -2.44. The van der Waals surface area contributed by atoms with Crippen molar-refractivity contribution in [3.05, 3.63) is 58.4 Å². The molecule has 0 atom stereocenters. The fourth-order valence-corrected chi connectivity index (χ4v) is 4.36. The van der Waals surface area contributed by atoms with Gasteiger partial charge in [0.25, 0.3) is 5.91 Å². The summed E-state index contributed by atoms with van der Waals surface area (Å²) in [6.45, 7) is 7.86. The maximum Gasteiger partial charge on any atom is 0.253 e. The molecule has 4 rings (SSSR count). The van der Waals surface area contributed by atoms with Gasteiger partial charge in [-0.25, -0.2) is 9.67 Å². The molecule has 0 saturated carbocycles. The highest BCUT2D eigenvalue weighted by Crippen LogP contribution is 2.35. The molecular weight excluding hydrogens is 400 g/mol. The fourth-order valence-electron chi connectivity index (χ4n) is 4.17. The lowest BCUT2D eigenvalue weighted by Gasteiger charge is -2.38. The van der Waals surface area contributed by atoms with Gasteiger partial charge in [0.2, 0.25) is 0 Å². The van der Waals surface area contributed by atoms with Crippen molar-refractivity contribution in [1.29, 1.82) is 0 Å². The minimum Gasteiger partial charge on any atom is -0.381 e. The van der Waals surface area contributed by atoms with E-state index in [4.69, 9.17) is 16.3 Å². The van der Waals surface area contributed by atoms with E-state index in [0.29, 0.717) is 36.0 Å². The monoisotopic (exact) mass is 426 g/mol. The van der Waals surface area contributed by atoms with Crippen LogP contribution < -0.4 is 5.32 Å². The van der Waals surface area contributed by atoms with Crippen molar-refractivity contribution in [2.24, 2.45) is 0 Å². The van der Waals surface area contributed by atoms with Gasteiger partial charge in [-0.1, -0.05) is 23.7 Å². The lowest BCUT2D eigenvalue weighted by molar-refractivity contribution is 0.0487. The van der Waals surface area contributed by atoms with Crippen LogP contribution in [0.1, 0.15) is 54.3 Å². The standard InChI is InChI=1S/C23H27ClN4O2/c1-15(2)28-21-17(13-26-28)11-20(16(3)27-21)22(29)25-14-23(7-9-30-10-8-23)18-5-4-6-19(24)12-18/h4-6,11-13,15H,7-10,14H2,1-3H3,(H,25,29).